The Kier molecular flexibility index (Phi) is 3.58. The summed E-state index contributed by atoms with van der Waals surface area (Å²) in [6.45, 7) is 0.142. The van der Waals surface area contributed by atoms with Crippen LogP contribution in [0.25, 0.3) is 0 Å². The van der Waals surface area contributed by atoms with E-state index in [1.165, 1.54) is 6.08 Å². The molecule has 0 saturated carbocycles. The van der Waals surface area contributed by atoms with Crippen molar-refractivity contribution >= 4 is 27.8 Å². The molecule has 0 radical (unpaired) electrons. The van der Waals surface area contributed by atoms with Crippen molar-refractivity contribution in [2.24, 2.45) is 0 Å². The van der Waals surface area contributed by atoms with Crippen LogP contribution in [-0.2, 0) is 20.7 Å². The molecule has 1 N–H and O–H groups in total. The summed E-state index contributed by atoms with van der Waals surface area (Å²) < 4.78 is 5.61. The molecule has 0 fully saturated rings. The fourth-order valence-electron chi connectivity index (χ4n) is 1.50. The molecular formula is C12H10BrNO3. The summed E-state index contributed by atoms with van der Waals surface area (Å²) in [5.74, 6) is -0.574. The summed E-state index contributed by atoms with van der Waals surface area (Å²) in [6.07, 6.45) is 1.56. The van der Waals surface area contributed by atoms with E-state index in [1.54, 1.807) is 0 Å². The van der Waals surface area contributed by atoms with E-state index in [-0.39, 0.29) is 18.9 Å². The van der Waals surface area contributed by atoms with E-state index in [1.807, 2.05) is 24.3 Å². The minimum Gasteiger partial charge on any atom is -0.456 e. The third kappa shape index (κ3) is 3.42. The SMILES string of the molecule is O=C(Cc1cccc(Br)c1)NC1=CC(=O)OC1. The highest BCUT2D eigenvalue weighted by atomic mass is 79.9. The second-order valence-electron chi connectivity index (χ2n) is 3.63. The van der Waals surface area contributed by atoms with Crippen LogP contribution >= 0.6 is 15.9 Å². The standard InChI is InChI=1S/C12H10BrNO3/c13-9-3-1-2-8(4-9)5-11(15)14-10-6-12(16)17-7-10/h1-4,6H,5,7H2,(H,14,15). The number of halogens is 1. The molecule has 0 aliphatic carbocycles. The largest absolute Gasteiger partial charge is 0.456 e. The predicted molar refractivity (Wildman–Crippen MR) is 65.0 cm³/mol. The van der Waals surface area contributed by atoms with E-state index in [4.69, 9.17) is 0 Å². The maximum atomic E-state index is 11.7. The van der Waals surface area contributed by atoms with Crippen LogP contribution in [0.15, 0.2) is 40.5 Å². The molecule has 17 heavy (non-hydrogen) atoms. The average Bonchev–Trinajstić information content (AvgIpc) is 2.63. The van der Waals surface area contributed by atoms with Crippen LogP contribution in [0, 0.1) is 0 Å². The third-order valence-corrected chi connectivity index (χ3v) is 2.71. The zero-order valence-corrected chi connectivity index (χ0v) is 10.5. The van der Waals surface area contributed by atoms with Gasteiger partial charge < -0.3 is 10.1 Å². The van der Waals surface area contributed by atoms with Gasteiger partial charge in [0.15, 0.2) is 0 Å². The first-order valence-electron chi connectivity index (χ1n) is 5.05. The molecule has 0 unspecified atom stereocenters. The number of esters is 1. The lowest BCUT2D eigenvalue weighted by molar-refractivity contribution is -0.135. The summed E-state index contributed by atoms with van der Waals surface area (Å²) in [7, 11) is 0. The van der Waals surface area contributed by atoms with Crippen LogP contribution in [-0.4, -0.2) is 18.5 Å². The first kappa shape index (κ1) is 11.9. The van der Waals surface area contributed by atoms with Gasteiger partial charge in [-0.15, -0.1) is 0 Å². The van der Waals surface area contributed by atoms with Crippen molar-refractivity contribution < 1.29 is 14.3 Å². The van der Waals surface area contributed by atoms with Gasteiger partial charge in [-0.1, -0.05) is 28.1 Å². The zero-order valence-electron chi connectivity index (χ0n) is 8.90. The molecular weight excluding hydrogens is 286 g/mol. The van der Waals surface area contributed by atoms with Crippen LogP contribution in [0.1, 0.15) is 5.56 Å². The maximum absolute atomic E-state index is 11.7. The Labute approximate surface area is 107 Å². The fourth-order valence-corrected chi connectivity index (χ4v) is 1.95. The van der Waals surface area contributed by atoms with Crippen molar-refractivity contribution in [3.63, 3.8) is 0 Å². The Hall–Kier alpha value is -1.62. The van der Waals surface area contributed by atoms with Gasteiger partial charge in [-0.2, -0.15) is 0 Å². The van der Waals surface area contributed by atoms with Crippen molar-refractivity contribution in [3.8, 4) is 0 Å². The van der Waals surface area contributed by atoms with Crippen molar-refractivity contribution in [3.05, 3.63) is 46.1 Å². The van der Waals surface area contributed by atoms with Gasteiger partial charge in [-0.3, -0.25) is 4.79 Å². The molecule has 0 saturated heterocycles. The lowest BCUT2D eigenvalue weighted by atomic mass is 10.1. The second-order valence-corrected chi connectivity index (χ2v) is 4.55. The highest BCUT2D eigenvalue weighted by molar-refractivity contribution is 9.10. The van der Waals surface area contributed by atoms with Crippen molar-refractivity contribution in [1.29, 1.82) is 0 Å². The van der Waals surface area contributed by atoms with Gasteiger partial charge in [-0.25, -0.2) is 4.79 Å². The van der Waals surface area contributed by atoms with E-state index >= 15 is 0 Å². The molecule has 0 aromatic heterocycles. The molecule has 2 rings (SSSR count). The van der Waals surface area contributed by atoms with E-state index in [0.717, 1.165) is 10.0 Å². The molecule has 0 atom stereocenters. The monoisotopic (exact) mass is 295 g/mol. The number of carbonyl (C=O) groups is 2. The van der Waals surface area contributed by atoms with E-state index in [0.29, 0.717) is 5.70 Å². The fraction of sp³-hybridized carbons (Fsp3) is 0.167. The summed E-state index contributed by atoms with van der Waals surface area (Å²) in [4.78, 5) is 22.4. The summed E-state index contributed by atoms with van der Waals surface area (Å²) in [6, 6.07) is 7.51. The minimum atomic E-state index is -0.414. The number of amides is 1. The molecule has 1 aliphatic heterocycles. The number of carbonyl (C=O) groups excluding carboxylic acids is 2. The second kappa shape index (κ2) is 5.14. The first-order valence-corrected chi connectivity index (χ1v) is 5.84. The molecule has 1 aromatic rings. The van der Waals surface area contributed by atoms with Gasteiger partial charge in [0.25, 0.3) is 0 Å². The number of benzene rings is 1. The first-order chi connectivity index (χ1) is 8.13. The quantitative estimate of drug-likeness (QED) is 0.861. The number of ether oxygens (including phenoxy) is 1. The van der Waals surface area contributed by atoms with Crippen LogP contribution in [0.3, 0.4) is 0 Å². The van der Waals surface area contributed by atoms with Crippen LogP contribution in [0.4, 0.5) is 0 Å². The Morgan fingerprint density at radius 3 is 2.94 bits per heavy atom. The Morgan fingerprint density at radius 2 is 2.29 bits per heavy atom. The molecule has 88 valence electrons. The summed E-state index contributed by atoms with van der Waals surface area (Å²) in [5, 5.41) is 2.64. The van der Waals surface area contributed by atoms with Gasteiger partial charge in [0.1, 0.15) is 6.61 Å². The van der Waals surface area contributed by atoms with Gasteiger partial charge in [0, 0.05) is 10.5 Å². The normalized spacial score (nSPS) is 14.2. The van der Waals surface area contributed by atoms with Gasteiger partial charge in [0.05, 0.1) is 12.1 Å². The van der Waals surface area contributed by atoms with Gasteiger partial charge >= 0.3 is 5.97 Å². The van der Waals surface area contributed by atoms with Gasteiger partial charge in [0.2, 0.25) is 5.91 Å². The maximum Gasteiger partial charge on any atom is 0.333 e. The highest BCUT2D eigenvalue weighted by Gasteiger charge is 2.15. The van der Waals surface area contributed by atoms with Crippen molar-refractivity contribution in [2.75, 3.05) is 6.61 Å². The average molecular weight is 296 g/mol. The van der Waals surface area contributed by atoms with Crippen LogP contribution in [0.5, 0.6) is 0 Å². The molecule has 1 heterocycles. The lowest BCUT2D eigenvalue weighted by Gasteiger charge is -2.04. The number of hydrogen-bond donors (Lipinski definition) is 1. The van der Waals surface area contributed by atoms with E-state index in [9.17, 15) is 9.59 Å². The smallest absolute Gasteiger partial charge is 0.333 e. The van der Waals surface area contributed by atoms with E-state index in [2.05, 4.69) is 26.0 Å². The predicted octanol–water partition coefficient (Wildman–Crippen LogP) is 1.55. The Morgan fingerprint density at radius 1 is 1.47 bits per heavy atom. The van der Waals surface area contributed by atoms with Crippen LogP contribution < -0.4 is 5.32 Å². The molecule has 0 bridgehead atoms. The third-order valence-electron chi connectivity index (χ3n) is 2.22. The zero-order chi connectivity index (χ0) is 12.3. The molecule has 0 spiro atoms. The summed E-state index contributed by atoms with van der Waals surface area (Å²) in [5.41, 5.74) is 1.41. The number of cyclic esters (lactones) is 1. The number of hydrogen-bond acceptors (Lipinski definition) is 3. The Bertz CT molecular complexity index is 496. The van der Waals surface area contributed by atoms with E-state index < -0.39 is 5.97 Å². The lowest BCUT2D eigenvalue weighted by Crippen LogP contribution is -2.25. The number of rotatable bonds is 3. The number of nitrogens with one attached hydrogen (secondary N) is 1. The van der Waals surface area contributed by atoms with Crippen molar-refractivity contribution in [2.45, 2.75) is 6.42 Å². The van der Waals surface area contributed by atoms with Crippen LogP contribution in [0.2, 0.25) is 0 Å². The highest BCUT2D eigenvalue weighted by Crippen LogP contribution is 2.12. The molecule has 1 aromatic carbocycles. The van der Waals surface area contributed by atoms with Gasteiger partial charge in [-0.05, 0) is 17.7 Å². The topological polar surface area (TPSA) is 55.4 Å². The molecule has 1 amide bonds. The molecule has 4 nitrogen and oxygen atoms in total. The molecule has 1 aliphatic rings. The van der Waals surface area contributed by atoms with Crippen molar-refractivity contribution in [1.82, 2.24) is 5.32 Å². The minimum absolute atomic E-state index is 0.142. The Balaban J connectivity index is 1.94. The molecule has 5 heteroatoms. The summed E-state index contributed by atoms with van der Waals surface area (Å²) >= 11 is 3.34.